The SMILES string of the molecule is C/C=C/C(=O)O[C@H]1C(=O)[C@]2(C)[C@@H](OC(=O)CCl)C[C@H]3OC[C@@]3(OC(C)=O)[C@H]2[C@H](OC(=O)c2ccccc2)[C@]2(O)C[C@H](OC(=O)[C@H](O)[C@@H](NC(=O)c3ccccc3)c3ccccc3)C(C)=C1C2(C)C. The molecule has 1 amide bonds. The van der Waals surface area contributed by atoms with Gasteiger partial charge in [0.2, 0.25) is 0 Å². The third kappa shape index (κ3) is 8.74. The number of nitrogens with one attached hydrogen (secondary N) is 1. The zero-order valence-electron chi connectivity index (χ0n) is 38.3. The Morgan fingerprint density at radius 1 is 0.882 bits per heavy atom. The highest BCUT2D eigenvalue weighted by atomic mass is 35.5. The molecule has 16 nitrogen and oxygen atoms in total. The average molecular weight is 956 g/mol. The Kier molecular flexibility index (Phi) is 14.2. The summed E-state index contributed by atoms with van der Waals surface area (Å²) in [5.74, 6) is -8.80. The topological polar surface area (TPSA) is 227 Å². The van der Waals surface area contributed by atoms with Crippen LogP contribution in [0.1, 0.15) is 86.7 Å². The number of halogens is 1. The number of hydrogen-bond donors (Lipinski definition) is 3. The van der Waals surface area contributed by atoms with Gasteiger partial charge in [0.15, 0.2) is 23.6 Å². The third-order valence-corrected chi connectivity index (χ3v) is 14.3. The third-order valence-electron chi connectivity index (χ3n) is 14.1. The standard InChI is InChI=1S/C51H54ClNO15/c1-7-17-36(55)66-41-38-28(2)33(64-47(61)40(57)39(30-18-11-8-12-19-30)53-45(59)31-20-13-9-14-21-31)25-51(62,48(38,4)5)44(67-46(60)32-22-15-10-16-23-32)42-49(6,43(41)58)34(65-37(56)26-52)24-35-50(42,27-63-35)68-29(3)54/h7-23,33-35,39-42,44,57,62H,24-27H2,1-6H3,(H,53,59)/b17-7+/t33-,34-,35+,39-,40+,41+,42-,44-,49+,50-,51+/m0/s1. The van der Waals surface area contributed by atoms with Gasteiger partial charge in [-0.3, -0.25) is 19.2 Å². The number of allylic oxidation sites excluding steroid dienone is 1. The quantitative estimate of drug-likeness (QED) is 0.0668. The highest BCUT2D eigenvalue weighted by Gasteiger charge is 2.79. The highest BCUT2D eigenvalue weighted by Crippen LogP contribution is 2.65. The molecule has 3 aromatic carbocycles. The molecule has 7 rings (SSSR count). The zero-order valence-corrected chi connectivity index (χ0v) is 39.1. The molecule has 4 aliphatic rings. The van der Waals surface area contributed by atoms with Crippen LogP contribution >= 0.6 is 11.6 Å². The summed E-state index contributed by atoms with van der Waals surface area (Å²) in [6.07, 6.45) is -8.46. The maximum atomic E-state index is 16.1. The van der Waals surface area contributed by atoms with Crippen LogP contribution in [0.5, 0.6) is 0 Å². The lowest BCUT2D eigenvalue weighted by atomic mass is 9.44. The Labute approximate surface area is 397 Å². The van der Waals surface area contributed by atoms with Crippen LogP contribution in [0.15, 0.2) is 114 Å². The van der Waals surface area contributed by atoms with Crippen molar-refractivity contribution >= 4 is 53.1 Å². The van der Waals surface area contributed by atoms with Gasteiger partial charge in [0.05, 0.1) is 29.5 Å². The first-order valence-electron chi connectivity index (χ1n) is 22.2. The van der Waals surface area contributed by atoms with Gasteiger partial charge in [0, 0.05) is 36.8 Å². The molecule has 2 saturated carbocycles. The van der Waals surface area contributed by atoms with E-state index >= 15 is 4.79 Å². The van der Waals surface area contributed by atoms with Gasteiger partial charge in [-0.2, -0.15) is 0 Å². The minimum absolute atomic E-state index is 0.0318. The fourth-order valence-electron chi connectivity index (χ4n) is 10.6. The molecule has 360 valence electrons. The number of amides is 1. The van der Waals surface area contributed by atoms with E-state index in [-0.39, 0.29) is 35.3 Å². The first kappa shape index (κ1) is 49.7. The number of carbonyl (C=O) groups is 7. The lowest BCUT2D eigenvalue weighted by Gasteiger charge is -2.67. The van der Waals surface area contributed by atoms with Crippen molar-refractivity contribution in [2.75, 3.05) is 12.5 Å². The van der Waals surface area contributed by atoms with E-state index < -0.39 is 124 Å². The van der Waals surface area contributed by atoms with Crippen molar-refractivity contribution in [3.63, 3.8) is 0 Å². The van der Waals surface area contributed by atoms with Gasteiger partial charge < -0.3 is 44.0 Å². The monoisotopic (exact) mass is 955 g/mol. The number of hydrogen-bond acceptors (Lipinski definition) is 15. The second kappa shape index (κ2) is 19.4. The molecule has 11 atom stereocenters. The van der Waals surface area contributed by atoms with Crippen molar-refractivity contribution in [1.29, 1.82) is 0 Å². The number of esters is 5. The molecule has 0 aromatic heterocycles. The summed E-state index contributed by atoms with van der Waals surface area (Å²) in [5.41, 5.74) is -7.57. The summed E-state index contributed by atoms with van der Waals surface area (Å²) in [5, 5.41) is 28.6. The Bertz CT molecular complexity index is 2510. The highest BCUT2D eigenvalue weighted by molar-refractivity contribution is 6.26. The van der Waals surface area contributed by atoms with Gasteiger partial charge in [-0.1, -0.05) is 86.7 Å². The van der Waals surface area contributed by atoms with Crippen molar-refractivity contribution in [2.45, 2.75) is 108 Å². The summed E-state index contributed by atoms with van der Waals surface area (Å²) in [4.78, 5) is 98.7. The summed E-state index contributed by atoms with van der Waals surface area (Å²) >= 11 is 5.97. The number of fused-ring (bicyclic) bond motifs is 5. The molecule has 3 N–H and O–H groups in total. The summed E-state index contributed by atoms with van der Waals surface area (Å²) in [6.45, 7) is 8.30. The largest absolute Gasteiger partial charge is 0.460 e. The molecule has 1 heterocycles. The van der Waals surface area contributed by atoms with E-state index in [0.717, 1.165) is 13.0 Å². The molecule has 3 fully saturated rings. The first-order chi connectivity index (χ1) is 32.2. The van der Waals surface area contributed by atoms with Crippen LogP contribution < -0.4 is 5.32 Å². The Balaban J connectivity index is 1.44. The second-order valence-electron chi connectivity index (χ2n) is 18.3. The van der Waals surface area contributed by atoms with Crippen LogP contribution in [-0.2, 0) is 52.4 Å². The van der Waals surface area contributed by atoms with Crippen molar-refractivity contribution in [2.24, 2.45) is 16.7 Å². The van der Waals surface area contributed by atoms with Crippen LogP contribution in [0.2, 0.25) is 0 Å². The summed E-state index contributed by atoms with van der Waals surface area (Å²) in [7, 11) is 0. The van der Waals surface area contributed by atoms with E-state index in [1.54, 1.807) is 99.6 Å². The molecule has 3 aliphatic carbocycles. The van der Waals surface area contributed by atoms with Crippen LogP contribution in [0.25, 0.3) is 0 Å². The van der Waals surface area contributed by atoms with Gasteiger partial charge in [0.1, 0.15) is 35.9 Å². The molecule has 0 unspecified atom stereocenters. The lowest BCUT2D eigenvalue weighted by molar-refractivity contribution is -0.346. The summed E-state index contributed by atoms with van der Waals surface area (Å²) < 4.78 is 36.8. The molecular weight excluding hydrogens is 902 g/mol. The predicted molar refractivity (Wildman–Crippen MR) is 241 cm³/mol. The Morgan fingerprint density at radius 3 is 2.04 bits per heavy atom. The number of ketones is 1. The van der Waals surface area contributed by atoms with Crippen molar-refractivity contribution in [3.05, 3.63) is 131 Å². The van der Waals surface area contributed by atoms with E-state index in [1.807, 2.05) is 0 Å². The van der Waals surface area contributed by atoms with Gasteiger partial charge >= 0.3 is 29.8 Å². The Morgan fingerprint density at radius 2 is 1.49 bits per heavy atom. The van der Waals surface area contributed by atoms with Gasteiger partial charge in [0.25, 0.3) is 5.91 Å². The van der Waals surface area contributed by atoms with Crippen LogP contribution in [0.4, 0.5) is 0 Å². The fourth-order valence-corrected chi connectivity index (χ4v) is 10.7. The molecule has 0 spiro atoms. The maximum Gasteiger partial charge on any atom is 0.338 e. The molecule has 3 aromatic rings. The van der Waals surface area contributed by atoms with E-state index in [2.05, 4.69) is 5.32 Å². The number of rotatable bonds is 13. The number of benzene rings is 3. The minimum Gasteiger partial charge on any atom is -0.460 e. The maximum absolute atomic E-state index is 16.1. The van der Waals surface area contributed by atoms with E-state index in [0.29, 0.717) is 5.56 Å². The molecular formula is C51H54ClNO15. The molecule has 1 saturated heterocycles. The number of Topliss-reactive ketones (excluding diaryl/α,β-unsaturated/α-hetero) is 1. The van der Waals surface area contributed by atoms with Crippen LogP contribution in [0.3, 0.4) is 0 Å². The van der Waals surface area contributed by atoms with E-state index in [1.165, 1.54) is 32.1 Å². The first-order valence-corrected chi connectivity index (χ1v) is 22.7. The van der Waals surface area contributed by atoms with Crippen LogP contribution in [-0.4, -0.2) is 112 Å². The number of carbonyl (C=O) groups excluding carboxylic acids is 7. The normalized spacial score (nSPS) is 30.1. The smallest absolute Gasteiger partial charge is 0.338 e. The summed E-state index contributed by atoms with van der Waals surface area (Å²) in [6, 6.07) is 22.7. The van der Waals surface area contributed by atoms with Gasteiger partial charge in [-0.15, -0.1) is 11.6 Å². The van der Waals surface area contributed by atoms with E-state index in [9.17, 15) is 39.0 Å². The molecule has 17 heteroatoms. The van der Waals surface area contributed by atoms with Crippen LogP contribution in [0, 0.1) is 16.7 Å². The second-order valence-corrected chi connectivity index (χ2v) is 18.5. The Hall–Kier alpha value is -6.20. The number of ether oxygens (including phenoxy) is 6. The molecule has 0 radical (unpaired) electrons. The number of aliphatic hydroxyl groups is 2. The van der Waals surface area contributed by atoms with Crippen molar-refractivity contribution in [1.82, 2.24) is 5.32 Å². The minimum atomic E-state index is -2.48. The average Bonchev–Trinajstić information content (AvgIpc) is 3.31. The predicted octanol–water partition coefficient (Wildman–Crippen LogP) is 5.08. The van der Waals surface area contributed by atoms with Gasteiger partial charge in [-0.05, 0) is 61.7 Å². The molecule has 2 bridgehead atoms. The number of alkyl halides is 1. The van der Waals surface area contributed by atoms with E-state index in [4.69, 9.17) is 40.0 Å². The fraction of sp³-hybridized carbons (Fsp3) is 0.431. The molecule has 1 aliphatic heterocycles. The molecule has 68 heavy (non-hydrogen) atoms. The van der Waals surface area contributed by atoms with Crippen molar-refractivity contribution in [3.8, 4) is 0 Å². The lowest BCUT2D eigenvalue weighted by Crippen LogP contribution is -2.82. The van der Waals surface area contributed by atoms with Crippen molar-refractivity contribution < 1.29 is 72.2 Å². The zero-order chi connectivity index (χ0) is 49.3. The number of aliphatic hydroxyl groups excluding tert-OH is 1. The van der Waals surface area contributed by atoms with Gasteiger partial charge in [-0.25, -0.2) is 14.4 Å².